The van der Waals surface area contributed by atoms with Crippen LogP contribution in [0.15, 0.2) is 54.6 Å². The smallest absolute Gasteiger partial charge is 0.240 e. The molecule has 4 atom stereocenters. The van der Waals surface area contributed by atoms with Gasteiger partial charge in [0.2, 0.25) is 17.7 Å². The number of rotatable bonds is 11. The molecule has 2 aromatic rings. The van der Waals surface area contributed by atoms with Gasteiger partial charge in [-0.05, 0) is 37.1 Å². The predicted octanol–water partition coefficient (Wildman–Crippen LogP) is 2.42. The van der Waals surface area contributed by atoms with Crippen LogP contribution in [0.1, 0.15) is 33.3 Å². The van der Waals surface area contributed by atoms with Crippen molar-refractivity contribution in [3.63, 3.8) is 0 Å². The summed E-state index contributed by atoms with van der Waals surface area (Å²) in [4.78, 5) is 40.1. The first-order chi connectivity index (χ1) is 18.0. The van der Waals surface area contributed by atoms with Crippen LogP contribution in [0.4, 0.5) is 11.4 Å². The average molecular weight is 542 g/mol. The number of nitrogens with one attached hydrogen (secondary N) is 3. The molecule has 38 heavy (non-hydrogen) atoms. The highest BCUT2D eigenvalue weighted by Crippen LogP contribution is 2.33. The molecule has 1 unspecified atom stereocenters. The maximum atomic E-state index is 13.1. The maximum Gasteiger partial charge on any atom is 0.240 e. The van der Waals surface area contributed by atoms with E-state index in [2.05, 4.69) is 16.0 Å². The number of anilines is 2. The molecule has 0 saturated carbocycles. The number of amides is 3. The highest BCUT2D eigenvalue weighted by molar-refractivity contribution is 8.01. The molecule has 0 aromatic heterocycles. The van der Waals surface area contributed by atoms with Crippen LogP contribution >= 0.6 is 11.8 Å². The fraction of sp³-hybridized carbons (Fsp3) is 0.464. The highest BCUT2D eigenvalue weighted by Gasteiger charge is 2.44. The molecule has 3 rings (SSSR count). The molecule has 0 aliphatic carbocycles. The number of thioether (sulfide) groups is 1. The number of nitrogens with zero attached hydrogens (tertiary/aromatic N) is 1. The van der Waals surface area contributed by atoms with Crippen LogP contribution < -0.4 is 21.7 Å². The fourth-order valence-electron chi connectivity index (χ4n) is 4.08. The van der Waals surface area contributed by atoms with Gasteiger partial charge in [-0.1, -0.05) is 57.2 Å². The molecule has 9 nitrogen and oxygen atoms in total. The third kappa shape index (κ3) is 7.72. The lowest BCUT2D eigenvalue weighted by molar-refractivity contribution is -0.131. The van der Waals surface area contributed by atoms with Crippen molar-refractivity contribution in [3.8, 4) is 0 Å². The van der Waals surface area contributed by atoms with E-state index in [1.807, 2.05) is 82.3 Å². The normalized spacial score (nSPS) is 19.1. The second kappa shape index (κ2) is 13.1. The summed E-state index contributed by atoms with van der Waals surface area (Å²) < 4.78 is 0. The third-order valence-corrected chi connectivity index (χ3v) is 7.83. The Hall–Kier alpha value is -3.08. The summed E-state index contributed by atoms with van der Waals surface area (Å²) in [5.41, 5.74) is 8.26. The molecule has 1 fully saturated rings. The number of benzene rings is 2. The van der Waals surface area contributed by atoms with E-state index in [1.54, 1.807) is 4.90 Å². The molecule has 206 valence electrons. The van der Waals surface area contributed by atoms with Gasteiger partial charge in [-0.15, -0.1) is 11.8 Å². The minimum Gasteiger partial charge on any atom is -0.394 e. The number of hydrogen-bond acceptors (Lipinski definition) is 7. The summed E-state index contributed by atoms with van der Waals surface area (Å²) in [6, 6.07) is 15.5. The Morgan fingerprint density at radius 1 is 1.11 bits per heavy atom. The van der Waals surface area contributed by atoms with Crippen LogP contribution in [-0.4, -0.2) is 70.1 Å². The Bertz CT molecular complexity index is 1110. The van der Waals surface area contributed by atoms with Crippen LogP contribution in [-0.2, 0) is 20.8 Å². The summed E-state index contributed by atoms with van der Waals surface area (Å²) in [5, 5.41) is 17.9. The van der Waals surface area contributed by atoms with E-state index in [9.17, 15) is 19.5 Å². The van der Waals surface area contributed by atoms with E-state index in [0.717, 1.165) is 11.3 Å². The van der Waals surface area contributed by atoms with Gasteiger partial charge in [-0.25, -0.2) is 0 Å². The number of carbonyl (C=O) groups excluding carboxylic acids is 3. The van der Waals surface area contributed by atoms with Crippen molar-refractivity contribution in [2.45, 2.75) is 56.8 Å². The number of nitrogens with two attached hydrogens (primary N) is 1. The molecular weight excluding hydrogens is 502 g/mol. The van der Waals surface area contributed by atoms with Crippen molar-refractivity contribution in [2.24, 2.45) is 11.1 Å². The highest BCUT2D eigenvalue weighted by atomic mass is 32.2. The Balaban J connectivity index is 1.60. The Morgan fingerprint density at radius 3 is 2.42 bits per heavy atom. The molecule has 3 amide bonds. The van der Waals surface area contributed by atoms with Crippen LogP contribution in [0.3, 0.4) is 0 Å². The zero-order valence-electron chi connectivity index (χ0n) is 22.4. The Morgan fingerprint density at radius 2 is 1.79 bits per heavy atom. The zero-order valence-corrected chi connectivity index (χ0v) is 23.3. The zero-order chi connectivity index (χ0) is 27.9. The van der Waals surface area contributed by atoms with Crippen molar-refractivity contribution in [2.75, 3.05) is 30.3 Å². The summed E-state index contributed by atoms with van der Waals surface area (Å²) in [6.07, 6.45) is 0.478. The molecule has 6 N–H and O–H groups in total. The molecule has 10 heteroatoms. The predicted molar refractivity (Wildman–Crippen MR) is 153 cm³/mol. The van der Waals surface area contributed by atoms with Gasteiger partial charge in [-0.2, -0.15) is 0 Å². The quantitative estimate of drug-likeness (QED) is 0.295. The molecule has 1 aliphatic heterocycles. The first kappa shape index (κ1) is 29.5. The van der Waals surface area contributed by atoms with E-state index in [1.165, 1.54) is 11.8 Å². The van der Waals surface area contributed by atoms with E-state index < -0.39 is 34.0 Å². The average Bonchev–Trinajstić information content (AvgIpc) is 3.21. The van der Waals surface area contributed by atoms with Gasteiger partial charge in [0.25, 0.3) is 0 Å². The van der Waals surface area contributed by atoms with Gasteiger partial charge in [0, 0.05) is 29.9 Å². The monoisotopic (exact) mass is 541 g/mol. The molecule has 1 saturated heterocycles. The SMILES string of the molecule is CCN1C(=O)[C@@H](CNc2cccc(NC(=O)C(C)(C)C)c2)SC1[C@H](N)C(=O)N[C@H](CO)Cc1ccccc1. The molecular formula is C28H39N5O4S. The van der Waals surface area contributed by atoms with Gasteiger partial charge >= 0.3 is 0 Å². The summed E-state index contributed by atoms with van der Waals surface area (Å²) >= 11 is 1.36. The number of aliphatic hydroxyl groups is 1. The van der Waals surface area contributed by atoms with E-state index in [0.29, 0.717) is 25.2 Å². The van der Waals surface area contributed by atoms with Crippen LogP contribution in [0, 0.1) is 5.41 Å². The van der Waals surface area contributed by atoms with Crippen molar-refractivity contribution in [1.82, 2.24) is 10.2 Å². The number of aliphatic hydroxyl groups excluding tert-OH is 1. The first-order valence-corrected chi connectivity index (χ1v) is 13.8. The maximum absolute atomic E-state index is 13.1. The minimum absolute atomic E-state index is 0.0848. The molecule has 0 radical (unpaired) electrons. The van der Waals surface area contributed by atoms with Crippen molar-refractivity contribution >= 4 is 40.9 Å². The van der Waals surface area contributed by atoms with Gasteiger partial charge < -0.3 is 31.7 Å². The molecule has 1 aliphatic rings. The number of likely N-dealkylation sites (N-methyl/N-ethyl adjacent to an activating group) is 1. The van der Waals surface area contributed by atoms with E-state index in [4.69, 9.17) is 5.73 Å². The third-order valence-electron chi connectivity index (χ3n) is 6.30. The van der Waals surface area contributed by atoms with Gasteiger partial charge in [0.1, 0.15) is 16.7 Å². The lowest BCUT2D eigenvalue weighted by atomic mass is 9.95. The van der Waals surface area contributed by atoms with Gasteiger partial charge in [-0.3, -0.25) is 14.4 Å². The van der Waals surface area contributed by atoms with Crippen LogP contribution in [0.25, 0.3) is 0 Å². The summed E-state index contributed by atoms with van der Waals surface area (Å²) in [6.45, 7) is 7.96. The number of carbonyl (C=O) groups is 3. The largest absolute Gasteiger partial charge is 0.394 e. The van der Waals surface area contributed by atoms with Gasteiger partial charge in [0.15, 0.2) is 0 Å². The lowest BCUT2D eigenvalue weighted by Gasteiger charge is -2.28. The molecule has 0 spiro atoms. The number of hydrogen-bond donors (Lipinski definition) is 5. The molecule has 0 bridgehead atoms. The summed E-state index contributed by atoms with van der Waals surface area (Å²) in [7, 11) is 0. The molecule has 1 heterocycles. The lowest BCUT2D eigenvalue weighted by Crippen LogP contribution is -2.55. The topological polar surface area (TPSA) is 137 Å². The fourth-order valence-corrected chi connectivity index (χ4v) is 5.54. The van der Waals surface area contributed by atoms with Crippen LogP contribution in [0.2, 0.25) is 0 Å². The van der Waals surface area contributed by atoms with Gasteiger partial charge in [0.05, 0.1) is 12.6 Å². The first-order valence-electron chi connectivity index (χ1n) is 12.9. The Labute approximate surface area is 228 Å². The van der Waals surface area contributed by atoms with E-state index >= 15 is 0 Å². The van der Waals surface area contributed by atoms with Crippen LogP contribution in [0.5, 0.6) is 0 Å². The second-order valence-electron chi connectivity index (χ2n) is 10.4. The van der Waals surface area contributed by atoms with E-state index in [-0.39, 0.29) is 18.4 Å². The van der Waals surface area contributed by atoms with Crippen molar-refractivity contribution in [3.05, 3.63) is 60.2 Å². The minimum atomic E-state index is -0.949. The second-order valence-corrected chi connectivity index (χ2v) is 11.7. The molecule has 2 aromatic carbocycles. The standard InChI is InChI=1S/C28H39N5O4S/c1-5-33-25(36)22(16-30-19-12-9-13-20(15-19)32-27(37)28(2,3)4)38-26(33)23(29)24(35)31-21(17-34)14-18-10-7-6-8-11-18/h6-13,15,21-23,26,30,34H,5,14,16-17,29H2,1-4H3,(H,31,35)(H,32,37)/t21-,22+,23+,26?/m0/s1. The Kier molecular flexibility index (Phi) is 10.2. The summed E-state index contributed by atoms with van der Waals surface area (Å²) in [5.74, 6) is -0.574. The van der Waals surface area contributed by atoms with Crippen molar-refractivity contribution < 1.29 is 19.5 Å². The van der Waals surface area contributed by atoms with Crippen molar-refractivity contribution in [1.29, 1.82) is 0 Å².